The number of hydrogen-bond donors (Lipinski definition) is 2. The molecular weight excluding hydrogens is 414 g/mol. The van der Waals surface area contributed by atoms with E-state index in [0.29, 0.717) is 28.3 Å². The van der Waals surface area contributed by atoms with Gasteiger partial charge in [-0.05, 0) is 62.3 Å². The van der Waals surface area contributed by atoms with Crippen molar-refractivity contribution in [1.82, 2.24) is 15.8 Å². The summed E-state index contributed by atoms with van der Waals surface area (Å²) < 4.78 is 0. The number of aryl methyl sites for hydroxylation is 2. The standard InChI is InChI=1S/C23H25N3O4S/c1-13-6-8-18-15(10-13)12-19(31-18)21(28)25-24-20(27)4-3-9-26-22(29)16-7-5-14(2)11-17(16)23(26)30/h5,7,11-13H,3-4,6,8-10H2,1-2H3,(H,24,27)(H,25,28). The highest BCUT2D eigenvalue weighted by Gasteiger charge is 2.35. The lowest BCUT2D eigenvalue weighted by Crippen LogP contribution is -2.41. The van der Waals surface area contributed by atoms with E-state index in [4.69, 9.17) is 0 Å². The van der Waals surface area contributed by atoms with Crippen LogP contribution in [0, 0.1) is 12.8 Å². The Labute approximate surface area is 184 Å². The van der Waals surface area contributed by atoms with Crippen molar-refractivity contribution < 1.29 is 19.2 Å². The summed E-state index contributed by atoms with van der Waals surface area (Å²) in [6.45, 7) is 4.23. The minimum absolute atomic E-state index is 0.0885. The van der Waals surface area contributed by atoms with Crippen LogP contribution in [-0.2, 0) is 17.6 Å². The van der Waals surface area contributed by atoms with Crippen molar-refractivity contribution >= 4 is 35.0 Å². The summed E-state index contributed by atoms with van der Waals surface area (Å²) in [7, 11) is 0. The molecular formula is C23H25N3O4S. The Balaban J connectivity index is 1.24. The van der Waals surface area contributed by atoms with Gasteiger partial charge in [-0.2, -0.15) is 0 Å². The van der Waals surface area contributed by atoms with Crippen molar-refractivity contribution in [1.29, 1.82) is 0 Å². The third-order valence-corrected chi connectivity index (χ3v) is 7.02. The first-order valence-electron chi connectivity index (χ1n) is 10.5. The van der Waals surface area contributed by atoms with Crippen LogP contribution in [0.3, 0.4) is 0 Å². The van der Waals surface area contributed by atoms with Crippen molar-refractivity contribution in [3.8, 4) is 0 Å². The Morgan fingerprint density at radius 2 is 1.90 bits per heavy atom. The minimum atomic E-state index is -0.365. The number of hydrazine groups is 1. The molecule has 4 rings (SSSR count). The quantitative estimate of drug-likeness (QED) is 0.553. The summed E-state index contributed by atoms with van der Waals surface area (Å²) >= 11 is 1.48. The largest absolute Gasteiger partial charge is 0.279 e. The number of hydrogen-bond acceptors (Lipinski definition) is 5. The maximum absolute atomic E-state index is 12.5. The highest BCUT2D eigenvalue weighted by Crippen LogP contribution is 2.32. The van der Waals surface area contributed by atoms with Gasteiger partial charge in [-0.1, -0.05) is 18.6 Å². The van der Waals surface area contributed by atoms with Gasteiger partial charge in [0, 0.05) is 17.8 Å². The number of amides is 4. The van der Waals surface area contributed by atoms with Crippen molar-refractivity contribution in [3.05, 3.63) is 56.3 Å². The molecule has 0 saturated heterocycles. The predicted octanol–water partition coefficient (Wildman–Crippen LogP) is 3.02. The zero-order chi connectivity index (χ0) is 22.1. The third-order valence-electron chi connectivity index (χ3n) is 5.78. The van der Waals surface area contributed by atoms with Crippen molar-refractivity contribution in [2.75, 3.05) is 6.54 Å². The second-order valence-corrected chi connectivity index (χ2v) is 9.46. The average Bonchev–Trinajstić information content (AvgIpc) is 3.26. The Morgan fingerprint density at radius 1 is 1.13 bits per heavy atom. The maximum atomic E-state index is 12.5. The molecule has 1 aliphatic carbocycles. The lowest BCUT2D eigenvalue weighted by molar-refractivity contribution is -0.122. The average molecular weight is 440 g/mol. The predicted molar refractivity (Wildman–Crippen MR) is 117 cm³/mol. The highest BCUT2D eigenvalue weighted by molar-refractivity contribution is 7.14. The molecule has 0 radical (unpaired) electrons. The van der Waals surface area contributed by atoms with Gasteiger partial charge < -0.3 is 0 Å². The van der Waals surface area contributed by atoms with E-state index >= 15 is 0 Å². The molecule has 1 aliphatic heterocycles. The molecule has 1 unspecified atom stereocenters. The number of nitrogens with one attached hydrogen (secondary N) is 2. The Kier molecular flexibility index (Phi) is 5.91. The fourth-order valence-corrected chi connectivity index (χ4v) is 5.18. The van der Waals surface area contributed by atoms with Gasteiger partial charge in [-0.3, -0.25) is 34.9 Å². The number of nitrogens with zero attached hydrogens (tertiary/aromatic N) is 1. The number of carbonyl (C=O) groups excluding carboxylic acids is 4. The van der Waals surface area contributed by atoms with E-state index in [9.17, 15) is 19.2 Å². The molecule has 162 valence electrons. The normalized spacial score (nSPS) is 17.4. The molecule has 4 amide bonds. The summed E-state index contributed by atoms with van der Waals surface area (Å²) in [5.41, 5.74) is 7.84. The van der Waals surface area contributed by atoms with E-state index in [1.165, 1.54) is 26.7 Å². The van der Waals surface area contributed by atoms with E-state index < -0.39 is 0 Å². The third kappa shape index (κ3) is 4.39. The van der Waals surface area contributed by atoms with Crippen molar-refractivity contribution in [2.24, 2.45) is 5.92 Å². The van der Waals surface area contributed by atoms with Crippen LogP contribution in [0.1, 0.15) is 72.6 Å². The molecule has 2 heterocycles. The summed E-state index contributed by atoms with van der Waals surface area (Å²) in [4.78, 5) is 52.4. The highest BCUT2D eigenvalue weighted by atomic mass is 32.1. The van der Waals surface area contributed by atoms with Crippen LogP contribution in [0.4, 0.5) is 0 Å². The monoisotopic (exact) mass is 439 g/mol. The summed E-state index contributed by atoms with van der Waals surface area (Å²) in [5.74, 6) is -0.714. The van der Waals surface area contributed by atoms with E-state index in [2.05, 4.69) is 17.8 Å². The Hall–Kier alpha value is -3.00. The molecule has 1 atom stereocenters. The first kappa shape index (κ1) is 21.2. The second-order valence-electron chi connectivity index (χ2n) is 8.32. The van der Waals surface area contributed by atoms with Crippen LogP contribution >= 0.6 is 11.3 Å². The van der Waals surface area contributed by atoms with Crippen LogP contribution in [0.5, 0.6) is 0 Å². The van der Waals surface area contributed by atoms with Gasteiger partial charge in [-0.15, -0.1) is 11.3 Å². The first-order chi connectivity index (χ1) is 14.8. The second kappa shape index (κ2) is 8.63. The van der Waals surface area contributed by atoms with Crippen molar-refractivity contribution in [2.45, 2.75) is 46.0 Å². The zero-order valence-electron chi connectivity index (χ0n) is 17.6. The lowest BCUT2D eigenvalue weighted by atomic mass is 9.90. The first-order valence-corrected chi connectivity index (χ1v) is 11.3. The number of benzene rings is 1. The maximum Gasteiger partial charge on any atom is 0.279 e. The molecule has 2 N–H and O–H groups in total. The molecule has 1 aromatic heterocycles. The number of imide groups is 1. The molecule has 0 spiro atoms. The summed E-state index contributed by atoms with van der Waals surface area (Å²) in [6, 6.07) is 7.09. The molecule has 1 aromatic carbocycles. The molecule has 2 aliphatic rings. The number of thiophene rings is 1. The summed E-state index contributed by atoms with van der Waals surface area (Å²) in [6.07, 6.45) is 3.53. The topological polar surface area (TPSA) is 95.6 Å². The van der Waals surface area contributed by atoms with Gasteiger partial charge in [0.1, 0.15) is 0 Å². The van der Waals surface area contributed by atoms with Gasteiger partial charge in [0.15, 0.2) is 0 Å². The van der Waals surface area contributed by atoms with E-state index in [1.54, 1.807) is 18.2 Å². The molecule has 31 heavy (non-hydrogen) atoms. The minimum Gasteiger partial charge on any atom is -0.274 e. The zero-order valence-corrected chi connectivity index (χ0v) is 18.4. The molecule has 0 fully saturated rings. The smallest absolute Gasteiger partial charge is 0.274 e. The van der Waals surface area contributed by atoms with E-state index in [0.717, 1.165) is 24.8 Å². The van der Waals surface area contributed by atoms with Gasteiger partial charge in [-0.25, -0.2) is 0 Å². The van der Waals surface area contributed by atoms with Gasteiger partial charge in [0.05, 0.1) is 16.0 Å². The van der Waals surface area contributed by atoms with E-state index in [-0.39, 0.29) is 36.6 Å². The molecule has 0 saturated carbocycles. The number of fused-ring (bicyclic) bond motifs is 2. The van der Waals surface area contributed by atoms with Crippen LogP contribution in [0.25, 0.3) is 0 Å². The van der Waals surface area contributed by atoms with E-state index in [1.807, 2.05) is 13.0 Å². The SMILES string of the molecule is Cc1ccc2c(c1)C(=O)N(CCCC(=O)NNC(=O)c1cc3c(s1)CCC(C)C3)C2=O. The van der Waals surface area contributed by atoms with Gasteiger partial charge in [0.2, 0.25) is 5.91 Å². The number of carbonyl (C=O) groups is 4. The lowest BCUT2D eigenvalue weighted by Gasteiger charge is -2.16. The molecule has 8 heteroatoms. The summed E-state index contributed by atoms with van der Waals surface area (Å²) in [5, 5.41) is 0. The molecule has 7 nitrogen and oxygen atoms in total. The Bertz CT molecular complexity index is 1070. The fraction of sp³-hybridized carbons (Fsp3) is 0.391. The fourth-order valence-electron chi connectivity index (χ4n) is 4.07. The Morgan fingerprint density at radius 3 is 2.71 bits per heavy atom. The van der Waals surface area contributed by atoms with Crippen molar-refractivity contribution in [3.63, 3.8) is 0 Å². The van der Waals surface area contributed by atoms with Crippen LogP contribution in [0.15, 0.2) is 24.3 Å². The van der Waals surface area contributed by atoms with Crippen LogP contribution < -0.4 is 10.9 Å². The number of rotatable bonds is 5. The van der Waals surface area contributed by atoms with Crippen LogP contribution in [-0.4, -0.2) is 35.1 Å². The van der Waals surface area contributed by atoms with Gasteiger partial charge in [0.25, 0.3) is 17.7 Å². The molecule has 2 aromatic rings. The molecule has 0 bridgehead atoms. The van der Waals surface area contributed by atoms with Crippen LogP contribution in [0.2, 0.25) is 0 Å². The van der Waals surface area contributed by atoms with Gasteiger partial charge >= 0.3 is 0 Å².